The molecule has 1 saturated heterocycles. The number of rotatable bonds is 2. The van der Waals surface area contributed by atoms with Gasteiger partial charge in [0.1, 0.15) is 0 Å². The van der Waals surface area contributed by atoms with Crippen LogP contribution in [0.4, 0.5) is 0 Å². The molecule has 0 amide bonds. The molecule has 10 heavy (non-hydrogen) atoms. The lowest BCUT2D eigenvalue weighted by molar-refractivity contribution is 0.189. The van der Waals surface area contributed by atoms with Gasteiger partial charge >= 0.3 is 0 Å². The zero-order valence-electron chi connectivity index (χ0n) is 6.76. The summed E-state index contributed by atoms with van der Waals surface area (Å²) in [4.78, 5) is 2.27. The quantitative estimate of drug-likeness (QED) is 0.633. The molecule has 2 nitrogen and oxygen atoms in total. The molecule has 0 saturated carbocycles. The lowest BCUT2D eigenvalue weighted by atomic mass is 9.98. The van der Waals surface area contributed by atoms with Crippen molar-refractivity contribution < 1.29 is 0 Å². The Morgan fingerprint density at radius 2 is 2.30 bits per heavy atom. The minimum absolute atomic E-state index is 0.310. The van der Waals surface area contributed by atoms with Gasteiger partial charge in [0.2, 0.25) is 0 Å². The summed E-state index contributed by atoms with van der Waals surface area (Å²) in [5, 5.41) is 0. The van der Waals surface area contributed by atoms with E-state index in [0.717, 1.165) is 6.54 Å². The molecule has 1 aliphatic rings. The van der Waals surface area contributed by atoms with Gasteiger partial charge < -0.3 is 10.6 Å². The fourth-order valence-electron chi connectivity index (χ4n) is 1.29. The summed E-state index contributed by atoms with van der Waals surface area (Å²) in [6.07, 6.45) is 1.25. The highest BCUT2D eigenvalue weighted by molar-refractivity contribution is 7.99. The Hall–Kier alpha value is 0.270. The third-order valence-corrected chi connectivity index (χ3v) is 3.65. The molecule has 0 unspecified atom stereocenters. The van der Waals surface area contributed by atoms with Crippen molar-refractivity contribution in [3.63, 3.8) is 0 Å². The van der Waals surface area contributed by atoms with Crippen LogP contribution in [0.5, 0.6) is 0 Å². The second-order valence-corrected chi connectivity index (χ2v) is 4.23. The lowest BCUT2D eigenvalue weighted by Gasteiger charge is -2.34. The van der Waals surface area contributed by atoms with Gasteiger partial charge in [-0.2, -0.15) is 11.8 Å². The van der Waals surface area contributed by atoms with Crippen molar-refractivity contribution in [3.05, 3.63) is 0 Å². The van der Waals surface area contributed by atoms with E-state index >= 15 is 0 Å². The molecular weight excluding hydrogens is 144 g/mol. The number of nitrogens with zero attached hydrogens (tertiary/aromatic N) is 1. The van der Waals surface area contributed by atoms with Gasteiger partial charge in [-0.15, -0.1) is 0 Å². The third-order valence-electron chi connectivity index (χ3n) is 2.41. The molecule has 0 spiro atoms. The monoisotopic (exact) mass is 160 g/mol. The molecule has 0 aromatic heterocycles. The Labute approximate surface area is 67.1 Å². The maximum atomic E-state index is 5.71. The van der Waals surface area contributed by atoms with Crippen LogP contribution in [-0.2, 0) is 0 Å². The molecule has 3 heteroatoms. The molecule has 0 radical (unpaired) electrons. The van der Waals surface area contributed by atoms with Crippen molar-refractivity contribution in [3.8, 4) is 0 Å². The summed E-state index contributed by atoms with van der Waals surface area (Å²) >= 11 is 2.01. The highest BCUT2D eigenvalue weighted by Gasteiger charge is 2.34. The summed E-state index contributed by atoms with van der Waals surface area (Å²) in [5.41, 5.74) is 6.02. The van der Waals surface area contributed by atoms with Gasteiger partial charge in [0, 0.05) is 17.8 Å². The van der Waals surface area contributed by atoms with E-state index in [1.165, 1.54) is 17.9 Å². The van der Waals surface area contributed by atoms with Crippen LogP contribution >= 0.6 is 11.8 Å². The van der Waals surface area contributed by atoms with Crippen LogP contribution in [-0.4, -0.2) is 42.6 Å². The molecule has 1 aliphatic heterocycles. The Balaban J connectivity index is 2.58. The summed E-state index contributed by atoms with van der Waals surface area (Å²) < 4.78 is 0. The molecule has 2 N–H and O–H groups in total. The molecular formula is C7H16N2S. The normalized spacial score (nSPS) is 33.6. The van der Waals surface area contributed by atoms with Crippen molar-refractivity contribution in [2.75, 3.05) is 32.1 Å². The Morgan fingerprint density at radius 1 is 1.60 bits per heavy atom. The number of likely N-dealkylation sites (N-methyl/N-ethyl adjacent to an activating group) is 1. The van der Waals surface area contributed by atoms with E-state index in [1.807, 2.05) is 11.8 Å². The van der Waals surface area contributed by atoms with Gasteiger partial charge in [0.05, 0.1) is 0 Å². The number of hydrogen-bond acceptors (Lipinski definition) is 3. The topological polar surface area (TPSA) is 29.3 Å². The lowest BCUT2D eigenvalue weighted by Crippen LogP contribution is -2.50. The highest BCUT2D eigenvalue weighted by Crippen LogP contribution is 2.30. The Bertz CT molecular complexity index is 108. The third kappa shape index (κ3) is 1.31. The second-order valence-electron chi connectivity index (χ2n) is 3.13. The Morgan fingerprint density at radius 3 is 2.50 bits per heavy atom. The van der Waals surface area contributed by atoms with Gasteiger partial charge in [0.15, 0.2) is 0 Å². The fraction of sp³-hybridized carbons (Fsp3) is 1.00. The smallest absolute Gasteiger partial charge is 0.0423 e. The Kier molecular flexibility index (Phi) is 2.61. The fourth-order valence-corrected chi connectivity index (χ4v) is 2.86. The summed E-state index contributed by atoms with van der Waals surface area (Å²) in [6, 6.07) is 0. The maximum absolute atomic E-state index is 5.71. The van der Waals surface area contributed by atoms with Crippen LogP contribution in [0.15, 0.2) is 0 Å². The molecule has 0 aromatic carbocycles. The first-order valence-corrected chi connectivity index (χ1v) is 4.82. The van der Waals surface area contributed by atoms with Crippen LogP contribution in [0.2, 0.25) is 0 Å². The first-order chi connectivity index (χ1) is 4.71. The van der Waals surface area contributed by atoms with Gasteiger partial charge in [-0.3, -0.25) is 0 Å². The highest BCUT2D eigenvalue weighted by atomic mass is 32.2. The standard InChI is InChI=1S/C7H16N2S/c1-9(2)7(5-8)3-4-10-6-7/h3-6,8H2,1-2H3/t7-/m0/s1. The molecule has 0 bridgehead atoms. The van der Waals surface area contributed by atoms with E-state index in [9.17, 15) is 0 Å². The molecule has 60 valence electrons. The number of nitrogens with two attached hydrogens (primary N) is 1. The summed E-state index contributed by atoms with van der Waals surface area (Å²) in [6.45, 7) is 0.799. The average Bonchev–Trinajstić information content (AvgIpc) is 2.35. The number of hydrogen-bond donors (Lipinski definition) is 1. The summed E-state index contributed by atoms with van der Waals surface area (Å²) in [5.74, 6) is 2.48. The predicted molar refractivity (Wildman–Crippen MR) is 47.4 cm³/mol. The van der Waals surface area contributed by atoms with Crippen molar-refractivity contribution in [2.24, 2.45) is 5.73 Å². The van der Waals surface area contributed by atoms with E-state index in [-0.39, 0.29) is 0 Å². The van der Waals surface area contributed by atoms with Gasteiger partial charge in [0.25, 0.3) is 0 Å². The van der Waals surface area contributed by atoms with Crippen LogP contribution in [0.3, 0.4) is 0 Å². The first kappa shape index (κ1) is 8.37. The van der Waals surface area contributed by atoms with Crippen LogP contribution in [0.1, 0.15) is 6.42 Å². The molecule has 1 rings (SSSR count). The minimum Gasteiger partial charge on any atom is -0.329 e. The van der Waals surface area contributed by atoms with E-state index in [1.54, 1.807) is 0 Å². The second kappa shape index (κ2) is 3.11. The minimum atomic E-state index is 0.310. The van der Waals surface area contributed by atoms with Gasteiger partial charge in [-0.05, 0) is 26.3 Å². The van der Waals surface area contributed by atoms with Crippen molar-refractivity contribution in [1.29, 1.82) is 0 Å². The van der Waals surface area contributed by atoms with Gasteiger partial charge in [-0.25, -0.2) is 0 Å². The molecule has 1 heterocycles. The SMILES string of the molecule is CN(C)[C@]1(CN)CCSC1. The average molecular weight is 160 g/mol. The van der Waals surface area contributed by atoms with E-state index in [0.29, 0.717) is 5.54 Å². The maximum Gasteiger partial charge on any atom is 0.0423 e. The molecule has 0 aliphatic carbocycles. The zero-order chi connectivity index (χ0) is 7.61. The molecule has 1 atom stereocenters. The molecule has 1 fully saturated rings. The van der Waals surface area contributed by atoms with E-state index in [4.69, 9.17) is 5.73 Å². The van der Waals surface area contributed by atoms with E-state index in [2.05, 4.69) is 19.0 Å². The van der Waals surface area contributed by atoms with Crippen LogP contribution < -0.4 is 5.73 Å². The van der Waals surface area contributed by atoms with E-state index < -0.39 is 0 Å². The first-order valence-electron chi connectivity index (χ1n) is 3.66. The van der Waals surface area contributed by atoms with Gasteiger partial charge in [-0.1, -0.05) is 0 Å². The predicted octanol–water partition coefficient (Wildman–Crippen LogP) is 0.382. The summed E-state index contributed by atoms with van der Waals surface area (Å²) in [7, 11) is 4.25. The van der Waals surface area contributed by atoms with Crippen molar-refractivity contribution in [2.45, 2.75) is 12.0 Å². The molecule has 0 aromatic rings. The zero-order valence-corrected chi connectivity index (χ0v) is 7.58. The number of thioether (sulfide) groups is 1. The van der Waals surface area contributed by atoms with Crippen LogP contribution in [0.25, 0.3) is 0 Å². The van der Waals surface area contributed by atoms with Crippen molar-refractivity contribution in [1.82, 2.24) is 4.90 Å². The van der Waals surface area contributed by atoms with Crippen molar-refractivity contribution >= 4 is 11.8 Å². The van der Waals surface area contributed by atoms with Crippen LogP contribution in [0, 0.1) is 0 Å². The largest absolute Gasteiger partial charge is 0.329 e.